The minimum Gasteiger partial charge on any atom is -0.478 e. The van der Waals surface area contributed by atoms with Crippen LogP contribution >= 0.6 is 0 Å². The highest BCUT2D eigenvalue weighted by atomic mass is 19.4. The van der Waals surface area contributed by atoms with Crippen molar-refractivity contribution in [1.82, 2.24) is 0 Å². The molecular weight excluding hydrogens is 568 g/mol. The molecule has 2 nitrogen and oxygen atoms in total. The van der Waals surface area contributed by atoms with Gasteiger partial charge < -0.3 is 5.11 Å². The predicted octanol–water partition coefficient (Wildman–Crippen LogP) is 7.33. The number of carbonyl (C=O) groups is 1. The third-order valence-corrected chi connectivity index (χ3v) is 3.34. The van der Waals surface area contributed by atoms with Crippen LogP contribution in [-0.4, -0.2) is 58.7 Å². The van der Waals surface area contributed by atoms with Crippen LogP contribution in [0.15, 0.2) is 24.6 Å². The molecule has 0 rings (SSSR count). The fourth-order valence-electron chi connectivity index (χ4n) is 1.42. The van der Waals surface area contributed by atoms with Crippen LogP contribution in [-0.2, 0) is 4.79 Å². The van der Waals surface area contributed by atoms with Crippen molar-refractivity contribution in [3.8, 4) is 0 Å². The number of aliphatic carboxylic acids is 1. The second-order valence-electron chi connectivity index (χ2n) is 5.64. The summed E-state index contributed by atoms with van der Waals surface area (Å²) < 4.78 is 251. The van der Waals surface area contributed by atoms with Gasteiger partial charge in [-0.25, -0.2) is 4.79 Å². The van der Waals surface area contributed by atoms with Gasteiger partial charge in [0.25, 0.3) is 0 Å². The van der Waals surface area contributed by atoms with E-state index in [9.17, 15) is 92.6 Å². The van der Waals surface area contributed by atoms with Gasteiger partial charge in [0, 0.05) is 6.08 Å². The van der Waals surface area contributed by atoms with Crippen LogP contribution in [0.5, 0.6) is 0 Å². The molecule has 0 unspecified atom stereocenters. The summed E-state index contributed by atoms with van der Waals surface area (Å²) in [7, 11) is 0. The van der Waals surface area contributed by atoms with E-state index < -0.39 is 65.5 Å². The average molecular weight is 572 g/mol. The van der Waals surface area contributed by atoms with Crippen molar-refractivity contribution >= 4 is 5.97 Å². The first-order valence-corrected chi connectivity index (χ1v) is 7.15. The number of hydrogen-bond donors (Lipinski definition) is 1. The van der Waals surface area contributed by atoms with Crippen LogP contribution in [0, 0.1) is 0 Å². The van der Waals surface area contributed by atoms with Gasteiger partial charge in [0.05, 0.1) is 0 Å². The molecule has 0 amide bonds. The third-order valence-electron chi connectivity index (χ3n) is 3.34. The zero-order chi connectivity index (χ0) is 29.4. The summed E-state index contributed by atoms with van der Waals surface area (Å²) in [4.78, 5) is 9.25. The molecule has 0 aromatic heterocycles. The summed E-state index contributed by atoms with van der Waals surface area (Å²) >= 11 is 0. The number of hydrogen-bond acceptors (Lipinski definition) is 1. The van der Waals surface area contributed by atoms with Crippen molar-refractivity contribution in [1.29, 1.82) is 0 Å². The Morgan fingerprint density at radius 3 is 0.971 bits per heavy atom. The van der Waals surface area contributed by atoms with E-state index in [4.69, 9.17) is 5.11 Å². The molecule has 0 spiro atoms. The summed E-state index contributed by atoms with van der Waals surface area (Å²) in [5, 5.41) is 7.60. The van der Waals surface area contributed by atoms with E-state index in [1.165, 1.54) is 0 Å². The summed E-state index contributed by atoms with van der Waals surface area (Å²) in [6.45, 7) is 2.96. The van der Waals surface area contributed by atoms with Gasteiger partial charge in [-0.05, 0) is 0 Å². The summed E-state index contributed by atoms with van der Waals surface area (Å²) in [6, 6.07) is 0. The zero-order valence-electron chi connectivity index (χ0n) is 15.2. The quantitative estimate of drug-likeness (QED) is 0.245. The lowest BCUT2D eigenvalue weighted by molar-refractivity contribution is -0.460. The fourth-order valence-corrected chi connectivity index (χ4v) is 1.42. The Bertz CT molecular complexity index is 815. The second-order valence-corrected chi connectivity index (χ2v) is 5.64. The number of allylic oxidation sites excluding steroid dienone is 1. The molecule has 0 aliphatic rings. The van der Waals surface area contributed by atoms with E-state index in [0.29, 0.717) is 0 Å². The maximum Gasteiger partial charge on any atom is 0.460 e. The lowest BCUT2D eigenvalue weighted by atomic mass is 9.89. The number of carboxylic acid groups (broad SMARTS) is 1. The van der Waals surface area contributed by atoms with Gasteiger partial charge in [-0.3, -0.25) is 0 Å². The van der Waals surface area contributed by atoms with Crippen molar-refractivity contribution < 1.29 is 97.7 Å². The van der Waals surface area contributed by atoms with Gasteiger partial charge in [-0.1, -0.05) is 6.58 Å². The summed E-state index contributed by atoms with van der Waals surface area (Å²) in [6.07, 6.45) is -11.7. The Hall–Kier alpha value is -2.45. The molecule has 208 valence electrons. The van der Waals surface area contributed by atoms with Gasteiger partial charge >= 0.3 is 59.7 Å². The lowest BCUT2D eigenvalue weighted by Crippen LogP contribution is -2.74. The molecule has 35 heavy (non-hydrogen) atoms. The van der Waals surface area contributed by atoms with Crippen LogP contribution < -0.4 is 0 Å². The molecule has 0 aromatic carbocycles. The summed E-state index contributed by atoms with van der Waals surface area (Å²) in [5.74, 6) is -66.1. The first-order valence-electron chi connectivity index (χ1n) is 7.15. The van der Waals surface area contributed by atoms with E-state index in [2.05, 4.69) is 6.58 Å². The number of halogens is 20. The normalized spacial score (nSPS) is 14.6. The van der Waals surface area contributed by atoms with Crippen molar-refractivity contribution in [3.05, 3.63) is 24.6 Å². The first-order chi connectivity index (χ1) is 14.9. The standard InChI is InChI=1S/C10F20.C3H4O2/c11-1(2(12)13)3(14,15)4(16,17)5(18,19)6(20,21)7(22,23)8(24,25)9(26,27)10(28,29)30;1-2-3(4)5/h;2H,1H2,(H,4,5). The summed E-state index contributed by atoms with van der Waals surface area (Å²) in [5.41, 5.74) is 0. The van der Waals surface area contributed by atoms with E-state index in [-0.39, 0.29) is 0 Å². The largest absolute Gasteiger partial charge is 0.478 e. The minimum absolute atomic E-state index is 0.833. The van der Waals surface area contributed by atoms with Crippen molar-refractivity contribution in [2.24, 2.45) is 0 Å². The van der Waals surface area contributed by atoms with Gasteiger partial charge in [0.2, 0.25) is 5.83 Å². The highest BCUT2D eigenvalue weighted by Gasteiger charge is 2.95. The molecule has 0 saturated heterocycles. The molecule has 0 atom stereocenters. The lowest BCUT2D eigenvalue weighted by Gasteiger charge is -2.42. The molecule has 0 aliphatic heterocycles. The van der Waals surface area contributed by atoms with Crippen LogP contribution in [0.4, 0.5) is 87.8 Å². The van der Waals surface area contributed by atoms with Gasteiger partial charge in [0.15, 0.2) is 0 Å². The maximum atomic E-state index is 13.1. The second kappa shape index (κ2) is 9.54. The Balaban J connectivity index is 0. The zero-order valence-corrected chi connectivity index (χ0v) is 15.2. The average Bonchev–Trinajstić information content (AvgIpc) is 2.65. The molecule has 0 fully saturated rings. The maximum absolute atomic E-state index is 13.1. The number of carboxylic acids is 1. The van der Waals surface area contributed by atoms with E-state index >= 15 is 0 Å². The number of alkyl halides is 17. The fraction of sp³-hybridized carbons (Fsp3) is 0.615. The number of rotatable bonds is 8. The van der Waals surface area contributed by atoms with E-state index in [1.54, 1.807) is 0 Å². The Labute approximate surface area is 177 Å². The van der Waals surface area contributed by atoms with Crippen LogP contribution in [0.2, 0.25) is 0 Å². The molecule has 0 heterocycles. The Kier molecular flexibility index (Phi) is 9.46. The van der Waals surface area contributed by atoms with Crippen molar-refractivity contribution in [3.63, 3.8) is 0 Å². The highest BCUT2D eigenvalue weighted by molar-refractivity contribution is 5.78. The minimum atomic E-state index is -8.95. The Morgan fingerprint density at radius 2 is 0.771 bits per heavy atom. The van der Waals surface area contributed by atoms with Crippen LogP contribution in [0.1, 0.15) is 0 Å². The van der Waals surface area contributed by atoms with E-state index in [0.717, 1.165) is 6.08 Å². The SMILES string of the molecule is C=CC(=O)O.FC(F)=C(F)C(F)(F)C(F)(F)C(F)(F)C(F)(F)C(F)(F)C(F)(F)C(F)(F)C(F)(F)F. The van der Waals surface area contributed by atoms with Crippen molar-refractivity contribution in [2.45, 2.75) is 47.6 Å². The van der Waals surface area contributed by atoms with Crippen LogP contribution in [0.25, 0.3) is 0 Å². The first kappa shape index (κ1) is 34.7. The molecule has 0 aromatic rings. The molecule has 0 radical (unpaired) electrons. The van der Waals surface area contributed by atoms with Crippen molar-refractivity contribution in [2.75, 3.05) is 0 Å². The van der Waals surface area contributed by atoms with E-state index in [1.807, 2.05) is 0 Å². The topological polar surface area (TPSA) is 37.3 Å². The van der Waals surface area contributed by atoms with Crippen LogP contribution in [0.3, 0.4) is 0 Å². The van der Waals surface area contributed by atoms with Gasteiger partial charge in [0.1, 0.15) is 0 Å². The monoisotopic (exact) mass is 572 g/mol. The van der Waals surface area contributed by atoms with Gasteiger partial charge in [-0.2, -0.15) is 87.8 Å². The predicted molar refractivity (Wildman–Crippen MR) is 68.9 cm³/mol. The molecule has 22 heteroatoms. The highest BCUT2D eigenvalue weighted by Crippen LogP contribution is 2.64. The molecule has 0 saturated carbocycles. The molecule has 0 bridgehead atoms. The molecular formula is C13H4F20O2. The molecule has 0 aliphatic carbocycles. The molecule has 1 N–H and O–H groups in total. The third kappa shape index (κ3) is 5.23. The van der Waals surface area contributed by atoms with Gasteiger partial charge in [-0.15, -0.1) is 0 Å². The smallest absolute Gasteiger partial charge is 0.460 e. The Morgan fingerprint density at radius 1 is 0.543 bits per heavy atom.